The Morgan fingerprint density at radius 2 is 2.08 bits per heavy atom. The van der Waals surface area contributed by atoms with E-state index in [1.807, 2.05) is 35.7 Å². The van der Waals surface area contributed by atoms with Crippen molar-refractivity contribution in [3.05, 3.63) is 53.9 Å². The van der Waals surface area contributed by atoms with E-state index in [-0.39, 0.29) is 12.5 Å². The van der Waals surface area contributed by atoms with E-state index in [2.05, 4.69) is 11.9 Å². The summed E-state index contributed by atoms with van der Waals surface area (Å²) in [5.41, 5.74) is 2.10. The highest BCUT2D eigenvalue weighted by atomic mass is 32.2. The van der Waals surface area contributed by atoms with Crippen molar-refractivity contribution in [3.63, 3.8) is 0 Å². The average Bonchev–Trinajstić information content (AvgIpc) is 2.99. The lowest BCUT2D eigenvalue weighted by Crippen LogP contribution is -2.16. The monoisotopic (exact) mass is 361 g/mol. The number of esters is 1. The first-order valence-corrected chi connectivity index (χ1v) is 9.53. The Morgan fingerprint density at radius 3 is 2.75 bits per heavy atom. The van der Waals surface area contributed by atoms with Gasteiger partial charge in [0.2, 0.25) is 5.91 Å². The Balaban J connectivity index is 2.27. The van der Waals surface area contributed by atoms with Gasteiger partial charge in [0.05, 0.1) is 12.4 Å². The van der Waals surface area contributed by atoms with Gasteiger partial charge in [-0.2, -0.15) is 0 Å². The summed E-state index contributed by atoms with van der Waals surface area (Å²) >= 11 is 2.80. The van der Waals surface area contributed by atoms with Crippen LogP contribution < -0.4 is 5.32 Å². The number of thioether (sulfide) groups is 1. The van der Waals surface area contributed by atoms with Gasteiger partial charge in [-0.3, -0.25) is 4.79 Å². The van der Waals surface area contributed by atoms with Crippen molar-refractivity contribution in [2.75, 3.05) is 23.4 Å². The number of nitrogens with one attached hydrogen (secondary N) is 1. The topological polar surface area (TPSA) is 55.4 Å². The van der Waals surface area contributed by atoms with Gasteiger partial charge in [-0.05, 0) is 12.5 Å². The van der Waals surface area contributed by atoms with Crippen molar-refractivity contribution in [1.82, 2.24) is 0 Å². The summed E-state index contributed by atoms with van der Waals surface area (Å²) in [5, 5.41) is 5.22. The van der Waals surface area contributed by atoms with E-state index in [1.165, 1.54) is 23.1 Å². The molecule has 0 aliphatic heterocycles. The second-order valence-electron chi connectivity index (χ2n) is 4.79. The molecule has 0 radical (unpaired) electrons. The predicted octanol–water partition coefficient (Wildman–Crippen LogP) is 4.45. The molecule has 0 fully saturated rings. The SMILES string of the molecule is C=CCSCC(=O)Nc1scc(-c2ccccc2)c1C(=O)OCC. The van der Waals surface area contributed by atoms with E-state index in [1.54, 1.807) is 13.0 Å². The van der Waals surface area contributed by atoms with Crippen LogP contribution >= 0.6 is 23.1 Å². The highest BCUT2D eigenvalue weighted by molar-refractivity contribution is 8.00. The van der Waals surface area contributed by atoms with Crippen molar-refractivity contribution in [1.29, 1.82) is 0 Å². The second-order valence-corrected chi connectivity index (χ2v) is 6.70. The normalized spacial score (nSPS) is 10.2. The number of carbonyl (C=O) groups is 2. The van der Waals surface area contributed by atoms with Crippen LogP contribution in [0.2, 0.25) is 0 Å². The summed E-state index contributed by atoms with van der Waals surface area (Å²) in [4.78, 5) is 24.4. The Morgan fingerprint density at radius 1 is 1.33 bits per heavy atom. The molecule has 0 unspecified atom stereocenters. The first-order valence-electron chi connectivity index (χ1n) is 7.49. The van der Waals surface area contributed by atoms with Crippen LogP contribution in [0.3, 0.4) is 0 Å². The molecular weight excluding hydrogens is 342 g/mol. The summed E-state index contributed by atoms with van der Waals surface area (Å²) in [7, 11) is 0. The summed E-state index contributed by atoms with van der Waals surface area (Å²) in [5.74, 6) is 0.450. The lowest BCUT2D eigenvalue weighted by atomic mass is 10.0. The minimum atomic E-state index is -0.424. The zero-order valence-electron chi connectivity index (χ0n) is 13.4. The predicted molar refractivity (Wildman–Crippen MR) is 102 cm³/mol. The van der Waals surface area contributed by atoms with Crippen molar-refractivity contribution < 1.29 is 14.3 Å². The van der Waals surface area contributed by atoms with Crippen molar-refractivity contribution in [2.45, 2.75) is 6.92 Å². The van der Waals surface area contributed by atoms with Crippen LogP contribution in [-0.2, 0) is 9.53 Å². The molecule has 0 spiro atoms. The van der Waals surface area contributed by atoms with Gasteiger partial charge < -0.3 is 10.1 Å². The molecule has 1 aromatic carbocycles. The lowest BCUT2D eigenvalue weighted by Gasteiger charge is -2.08. The van der Waals surface area contributed by atoms with Crippen LogP contribution in [0.25, 0.3) is 11.1 Å². The number of rotatable bonds is 8. The molecule has 0 saturated carbocycles. The molecule has 1 N–H and O–H groups in total. The van der Waals surface area contributed by atoms with Crippen LogP contribution in [0, 0.1) is 0 Å². The molecule has 4 nitrogen and oxygen atoms in total. The first kappa shape index (κ1) is 18.3. The maximum Gasteiger partial charge on any atom is 0.341 e. The molecule has 1 amide bonds. The molecule has 1 heterocycles. The molecule has 1 aromatic heterocycles. The lowest BCUT2D eigenvalue weighted by molar-refractivity contribution is -0.113. The average molecular weight is 361 g/mol. The molecule has 0 atom stereocenters. The minimum absolute atomic E-state index is 0.145. The van der Waals surface area contributed by atoms with Gasteiger partial charge in [-0.25, -0.2) is 4.79 Å². The maximum absolute atomic E-state index is 12.4. The van der Waals surface area contributed by atoms with Gasteiger partial charge in [0.1, 0.15) is 10.6 Å². The van der Waals surface area contributed by atoms with Gasteiger partial charge in [-0.1, -0.05) is 36.4 Å². The molecule has 0 saturated heterocycles. The summed E-state index contributed by atoms with van der Waals surface area (Å²) in [6, 6.07) is 9.59. The van der Waals surface area contributed by atoms with E-state index in [4.69, 9.17) is 4.74 Å². The number of amides is 1. The fourth-order valence-corrected chi connectivity index (χ4v) is 3.60. The maximum atomic E-state index is 12.4. The molecule has 2 rings (SSSR count). The van der Waals surface area contributed by atoms with Gasteiger partial charge in [0.25, 0.3) is 0 Å². The number of benzene rings is 1. The third-order valence-corrected chi connectivity index (χ3v) is 4.91. The fourth-order valence-electron chi connectivity index (χ4n) is 2.08. The summed E-state index contributed by atoms with van der Waals surface area (Å²) in [6.07, 6.45) is 1.75. The van der Waals surface area contributed by atoms with Crippen LogP contribution in [0.4, 0.5) is 5.00 Å². The van der Waals surface area contributed by atoms with Crippen LogP contribution in [0.5, 0.6) is 0 Å². The molecule has 6 heteroatoms. The number of hydrogen-bond acceptors (Lipinski definition) is 5. The first-order chi connectivity index (χ1) is 11.7. The van der Waals surface area contributed by atoms with Crippen LogP contribution in [0.1, 0.15) is 17.3 Å². The number of anilines is 1. The highest BCUT2D eigenvalue weighted by Gasteiger charge is 2.22. The van der Waals surface area contributed by atoms with E-state index in [9.17, 15) is 9.59 Å². The highest BCUT2D eigenvalue weighted by Crippen LogP contribution is 2.36. The standard InChI is InChI=1S/C18H19NO3S2/c1-3-10-23-12-15(20)19-17-16(18(21)22-4-2)14(11-24-17)13-8-6-5-7-9-13/h3,5-9,11H,1,4,10,12H2,2H3,(H,19,20). The van der Waals surface area contributed by atoms with E-state index in [0.29, 0.717) is 22.1 Å². The van der Waals surface area contributed by atoms with Crippen molar-refractivity contribution in [3.8, 4) is 11.1 Å². The number of carbonyl (C=O) groups excluding carboxylic acids is 2. The number of hydrogen-bond donors (Lipinski definition) is 1. The molecular formula is C18H19NO3S2. The quantitative estimate of drug-likeness (QED) is 0.429. The second kappa shape index (κ2) is 9.30. The minimum Gasteiger partial charge on any atom is -0.462 e. The van der Waals surface area contributed by atoms with E-state index in [0.717, 1.165) is 11.1 Å². The van der Waals surface area contributed by atoms with E-state index < -0.39 is 5.97 Å². The Bertz CT molecular complexity index is 710. The summed E-state index contributed by atoms with van der Waals surface area (Å²) < 4.78 is 5.17. The van der Waals surface area contributed by atoms with Gasteiger partial charge in [-0.15, -0.1) is 29.7 Å². The zero-order valence-corrected chi connectivity index (χ0v) is 15.0. The van der Waals surface area contributed by atoms with Gasteiger partial charge in [0, 0.05) is 16.7 Å². The Kier molecular flexibility index (Phi) is 7.08. The van der Waals surface area contributed by atoms with Crippen molar-refractivity contribution in [2.24, 2.45) is 0 Å². The molecule has 24 heavy (non-hydrogen) atoms. The van der Waals surface area contributed by atoms with Gasteiger partial charge >= 0.3 is 5.97 Å². The smallest absolute Gasteiger partial charge is 0.341 e. The van der Waals surface area contributed by atoms with Crippen molar-refractivity contribution >= 4 is 40.0 Å². The Hall–Kier alpha value is -2.05. The molecule has 126 valence electrons. The molecule has 0 bridgehead atoms. The van der Waals surface area contributed by atoms with E-state index >= 15 is 0 Å². The summed E-state index contributed by atoms with van der Waals surface area (Å²) in [6.45, 7) is 5.67. The van der Waals surface area contributed by atoms with Crippen LogP contribution in [-0.4, -0.2) is 30.0 Å². The molecule has 2 aromatic rings. The fraction of sp³-hybridized carbons (Fsp3) is 0.222. The Labute approximate surface area is 149 Å². The number of ether oxygens (including phenoxy) is 1. The molecule has 0 aliphatic rings. The largest absolute Gasteiger partial charge is 0.462 e. The zero-order chi connectivity index (χ0) is 17.4. The van der Waals surface area contributed by atoms with Gasteiger partial charge in [0.15, 0.2) is 0 Å². The third kappa shape index (κ3) is 4.72. The molecule has 0 aliphatic carbocycles. The number of thiophene rings is 1. The van der Waals surface area contributed by atoms with Crippen LogP contribution in [0.15, 0.2) is 48.4 Å². The third-order valence-electron chi connectivity index (χ3n) is 3.08.